The van der Waals surface area contributed by atoms with Gasteiger partial charge in [-0.25, -0.2) is 0 Å². The summed E-state index contributed by atoms with van der Waals surface area (Å²) in [5, 5.41) is 0. The standard InChI is InChI=1S/C21H28N2O5/c1-3-16(2)23(21(25)19-9-6-12-28-19)15-20(24)22(13-17-7-4-10-26-17)14-18-8-5-11-27-18/h4,6-7,9-10,12,16,18H,3,5,8,11,13-15H2,1-2H3/t16-,18-/m1/s1. The summed E-state index contributed by atoms with van der Waals surface area (Å²) < 4.78 is 16.4. The molecule has 0 unspecified atom stereocenters. The van der Waals surface area contributed by atoms with Gasteiger partial charge in [-0.05, 0) is 50.5 Å². The molecule has 7 nitrogen and oxygen atoms in total. The van der Waals surface area contributed by atoms with Crippen LogP contribution in [0.4, 0.5) is 0 Å². The highest BCUT2D eigenvalue weighted by atomic mass is 16.5. The molecule has 2 atom stereocenters. The van der Waals surface area contributed by atoms with Crippen molar-refractivity contribution in [3.8, 4) is 0 Å². The zero-order valence-electron chi connectivity index (χ0n) is 16.5. The highest BCUT2D eigenvalue weighted by Gasteiger charge is 2.29. The minimum atomic E-state index is -0.275. The second-order valence-corrected chi connectivity index (χ2v) is 7.16. The Kier molecular flexibility index (Phi) is 6.92. The fourth-order valence-electron chi connectivity index (χ4n) is 3.32. The van der Waals surface area contributed by atoms with Gasteiger partial charge in [0.2, 0.25) is 5.91 Å². The van der Waals surface area contributed by atoms with Crippen LogP contribution in [0, 0.1) is 0 Å². The van der Waals surface area contributed by atoms with E-state index in [1.54, 1.807) is 34.3 Å². The molecule has 0 saturated carbocycles. The maximum Gasteiger partial charge on any atom is 0.290 e. The third-order valence-electron chi connectivity index (χ3n) is 5.15. The van der Waals surface area contributed by atoms with E-state index in [2.05, 4.69) is 0 Å². The molecule has 2 aromatic rings. The lowest BCUT2D eigenvalue weighted by Crippen LogP contribution is -2.47. The molecule has 1 fully saturated rings. The third kappa shape index (κ3) is 5.04. The van der Waals surface area contributed by atoms with Crippen LogP contribution in [-0.2, 0) is 16.1 Å². The highest BCUT2D eigenvalue weighted by molar-refractivity contribution is 5.94. The maximum atomic E-state index is 13.2. The van der Waals surface area contributed by atoms with E-state index in [1.165, 1.54) is 6.26 Å². The summed E-state index contributed by atoms with van der Waals surface area (Å²) in [6, 6.07) is 6.85. The molecule has 0 aromatic carbocycles. The van der Waals surface area contributed by atoms with Crippen LogP contribution in [-0.4, -0.2) is 53.5 Å². The molecule has 0 bridgehead atoms. The number of hydrogen-bond donors (Lipinski definition) is 0. The molecule has 0 radical (unpaired) electrons. The predicted molar refractivity (Wildman–Crippen MR) is 103 cm³/mol. The molecule has 7 heteroatoms. The molecule has 0 aliphatic carbocycles. The van der Waals surface area contributed by atoms with Crippen molar-refractivity contribution in [2.24, 2.45) is 0 Å². The topological polar surface area (TPSA) is 76.1 Å². The van der Waals surface area contributed by atoms with Gasteiger partial charge in [-0.1, -0.05) is 6.92 Å². The fourth-order valence-corrected chi connectivity index (χ4v) is 3.32. The summed E-state index contributed by atoms with van der Waals surface area (Å²) in [7, 11) is 0. The number of rotatable bonds is 9. The van der Waals surface area contributed by atoms with Crippen LogP contribution >= 0.6 is 0 Å². The second-order valence-electron chi connectivity index (χ2n) is 7.16. The number of hydrogen-bond acceptors (Lipinski definition) is 5. The van der Waals surface area contributed by atoms with Crippen molar-refractivity contribution in [2.75, 3.05) is 19.7 Å². The molecule has 1 saturated heterocycles. The number of carbonyl (C=O) groups excluding carboxylic acids is 2. The van der Waals surface area contributed by atoms with E-state index >= 15 is 0 Å². The Hall–Kier alpha value is -2.54. The van der Waals surface area contributed by atoms with Crippen molar-refractivity contribution < 1.29 is 23.2 Å². The van der Waals surface area contributed by atoms with E-state index in [9.17, 15) is 9.59 Å². The molecule has 28 heavy (non-hydrogen) atoms. The van der Waals surface area contributed by atoms with Crippen LogP contribution in [0.25, 0.3) is 0 Å². The Labute approximate surface area is 165 Å². The van der Waals surface area contributed by atoms with Crippen molar-refractivity contribution in [1.29, 1.82) is 0 Å². The minimum absolute atomic E-state index is 0.0119. The Bertz CT molecular complexity index is 735. The van der Waals surface area contributed by atoms with Gasteiger partial charge in [-0.3, -0.25) is 9.59 Å². The van der Waals surface area contributed by atoms with Gasteiger partial charge in [0.1, 0.15) is 12.3 Å². The first kappa shape index (κ1) is 20.2. The SMILES string of the molecule is CC[C@@H](C)N(CC(=O)N(Cc1ccco1)C[C@H]1CCCO1)C(=O)c1ccco1. The molecular weight excluding hydrogens is 360 g/mol. The monoisotopic (exact) mass is 388 g/mol. The van der Waals surface area contributed by atoms with Crippen molar-refractivity contribution in [1.82, 2.24) is 9.80 Å². The van der Waals surface area contributed by atoms with E-state index in [0.29, 0.717) is 18.8 Å². The predicted octanol–water partition coefficient (Wildman–Crippen LogP) is 3.32. The van der Waals surface area contributed by atoms with E-state index in [4.69, 9.17) is 13.6 Å². The molecule has 2 amide bonds. The summed E-state index contributed by atoms with van der Waals surface area (Å²) in [5.41, 5.74) is 0. The molecule has 152 valence electrons. The number of amides is 2. The van der Waals surface area contributed by atoms with Crippen LogP contribution in [0.2, 0.25) is 0 Å². The van der Waals surface area contributed by atoms with Gasteiger partial charge in [-0.15, -0.1) is 0 Å². The first-order chi connectivity index (χ1) is 13.6. The summed E-state index contributed by atoms with van der Waals surface area (Å²) in [4.78, 5) is 29.3. The van der Waals surface area contributed by atoms with E-state index in [-0.39, 0.29) is 36.3 Å². The lowest BCUT2D eigenvalue weighted by atomic mass is 10.2. The van der Waals surface area contributed by atoms with Crippen molar-refractivity contribution in [2.45, 2.75) is 51.8 Å². The van der Waals surface area contributed by atoms with Crippen LogP contribution in [0.15, 0.2) is 45.6 Å². The summed E-state index contributed by atoms with van der Waals surface area (Å²) >= 11 is 0. The largest absolute Gasteiger partial charge is 0.467 e. The maximum absolute atomic E-state index is 13.2. The number of nitrogens with zero attached hydrogens (tertiary/aromatic N) is 2. The zero-order valence-corrected chi connectivity index (χ0v) is 16.5. The zero-order chi connectivity index (χ0) is 19.9. The van der Waals surface area contributed by atoms with Gasteiger partial charge in [0, 0.05) is 19.2 Å². The third-order valence-corrected chi connectivity index (χ3v) is 5.15. The van der Waals surface area contributed by atoms with Crippen molar-refractivity contribution in [3.05, 3.63) is 48.3 Å². The van der Waals surface area contributed by atoms with Crippen LogP contribution in [0.1, 0.15) is 49.4 Å². The molecule has 3 rings (SSSR count). The van der Waals surface area contributed by atoms with Crippen LogP contribution in [0.5, 0.6) is 0 Å². The Morgan fingerprint density at radius 3 is 2.61 bits per heavy atom. The van der Waals surface area contributed by atoms with Crippen LogP contribution < -0.4 is 0 Å². The first-order valence-electron chi connectivity index (χ1n) is 9.84. The quantitative estimate of drug-likeness (QED) is 0.659. The highest BCUT2D eigenvalue weighted by Crippen LogP contribution is 2.17. The normalized spacial score (nSPS) is 17.4. The molecule has 1 aliphatic rings. The van der Waals surface area contributed by atoms with Crippen molar-refractivity contribution >= 4 is 11.8 Å². The first-order valence-corrected chi connectivity index (χ1v) is 9.84. The van der Waals surface area contributed by atoms with Crippen molar-refractivity contribution in [3.63, 3.8) is 0 Å². The fraction of sp³-hybridized carbons (Fsp3) is 0.524. The second kappa shape index (κ2) is 9.59. The van der Waals surface area contributed by atoms with Gasteiger partial charge < -0.3 is 23.4 Å². The minimum Gasteiger partial charge on any atom is -0.467 e. The molecular formula is C21H28N2O5. The molecule has 0 N–H and O–H groups in total. The molecule has 0 spiro atoms. The average molecular weight is 388 g/mol. The van der Waals surface area contributed by atoms with Gasteiger partial charge in [0.15, 0.2) is 5.76 Å². The molecule has 1 aliphatic heterocycles. The Morgan fingerprint density at radius 1 is 1.21 bits per heavy atom. The average Bonchev–Trinajstić information content (AvgIpc) is 3.47. The summed E-state index contributed by atoms with van der Waals surface area (Å²) in [5.74, 6) is 0.540. The van der Waals surface area contributed by atoms with Crippen LogP contribution in [0.3, 0.4) is 0 Å². The van der Waals surface area contributed by atoms with Gasteiger partial charge >= 0.3 is 0 Å². The number of furan rings is 2. The molecule has 2 aromatic heterocycles. The smallest absolute Gasteiger partial charge is 0.290 e. The number of ether oxygens (including phenoxy) is 1. The Morgan fingerprint density at radius 2 is 2.00 bits per heavy atom. The van der Waals surface area contributed by atoms with Gasteiger partial charge in [0.25, 0.3) is 5.91 Å². The Balaban J connectivity index is 1.73. The molecule has 3 heterocycles. The summed E-state index contributed by atoms with van der Waals surface area (Å²) in [6.07, 6.45) is 5.76. The van der Waals surface area contributed by atoms with E-state index in [0.717, 1.165) is 25.9 Å². The lowest BCUT2D eigenvalue weighted by molar-refractivity contribution is -0.134. The van der Waals surface area contributed by atoms with E-state index in [1.807, 2.05) is 19.9 Å². The van der Waals surface area contributed by atoms with E-state index < -0.39 is 0 Å². The summed E-state index contributed by atoms with van der Waals surface area (Å²) in [6.45, 7) is 5.48. The number of carbonyl (C=O) groups is 2. The lowest BCUT2D eigenvalue weighted by Gasteiger charge is -2.31. The van der Waals surface area contributed by atoms with Gasteiger partial charge in [0.05, 0.1) is 25.2 Å². The van der Waals surface area contributed by atoms with Gasteiger partial charge in [-0.2, -0.15) is 0 Å².